The lowest BCUT2D eigenvalue weighted by atomic mass is 9.94. The Morgan fingerprint density at radius 3 is 2.33 bits per heavy atom. The number of halogens is 1. The fourth-order valence-corrected chi connectivity index (χ4v) is 4.72. The van der Waals surface area contributed by atoms with Gasteiger partial charge in [0, 0.05) is 43.7 Å². The first-order chi connectivity index (χ1) is 14.7. The first-order valence-electron chi connectivity index (χ1n) is 10.8. The number of carbonyl (C=O) groups is 1. The van der Waals surface area contributed by atoms with Gasteiger partial charge >= 0.3 is 0 Å². The van der Waals surface area contributed by atoms with E-state index in [1.807, 2.05) is 36.4 Å². The van der Waals surface area contributed by atoms with Gasteiger partial charge < -0.3 is 14.5 Å². The lowest BCUT2D eigenvalue weighted by Crippen LogP contribution is -2.51. The normalized spacial score (nSPS) is 18.5. The summed E-state index contributed by atoms with van der Waals surface area (Å²) in [5.74, 6) is 1.36. The number of likely N-dealkylation sites (tertiary alicyclic amines) is 1. The van der Waals surface area contributed by atoms with Gasteiger partial charge in [-0.25, -0.2) is 0 Å². The Balaban J connectivity index is 1.27. The zero-order valence-electron chi connectivity index (χ0n) is 17.6. The number of piperazine rings is 1. The first-order valence-corrected chi connectivity index (χ1v) is 11.2. The summed E-state index contributed by atoms with van der Waals surface area (Å²) in [4.78, 5) is 19.9. The van der Waals surface area contributed by atoms with E-state index in [1.54, 1.807) is 7.11 Å². The van der Waals surface area contributed by atoms with Crippen LogP contribution in [-0.4, -0.2) is 62.1 Å². The molecule has 2 heterocycles. The van der Waals surface area contributed by atoms with Gasteiger partial charge in [-0.1, -0.05) is 41.9 Å². The van der Waals surface area contributed by atoms with E-state index in [0.29, 0.717) is 5.91 Å². The SMILES string of the molecule is COc1ccccc1N1CCN(C(=O)C2CCN(Cc3ccccc3Cl)CC2)CC1. The number of benzene rings is 2. The molecule has 6 heteroatoms. The molecule has 0 radical (unpaired) electrons. The van der Waals surface area contributed by atoms with Crippen molar-refractivity contribution in [1.29, 1.82) is 0 Å². The summed E-state index contributed by atoms with van der Waals surface area (Å²) in [6.45, 7) is 5.99. The van der Waals surface area contributed by atoms with Crippen molar-refractivity contribution in [3.8, 4) is 5.75 Å². The third-order valence-corrected chi connectivity index (χ3v) is 6.67. The number of ether oxygens (including phenoxy) is 1. The van der Waals surface area contributed by atoms with E-state index in [0.717, 1.165) is 80.7 Å². The molecule has 4 rings (SSSR count). The van der Waals surface area contributed by atoms with Crippen LogP contribution < -0.4 is 9.64 Å². The summed E-state index contributed by atoms with van der Waals surface area (Å²) in [7, 11) is 1.71. The van der Waals surface area contributed by atoms with E-state index in [2.05, 4.69) is 26.8 Å². The Bertz CT molecular complexity index is 859. The minimum atomic E-state index is 0.144. The zero-order valence-corrected chi connectivity index (χ0v) is 18.4. The highest BCUT2D eigenvalue weighted by molar-refractivity contribution is 6.31. The van der Waals surface area contributed by atoms with Crippen molar-refractivity contribution in [3.05, 3.63) is 59.1 Å². The van der Waals surface area contributed by atoms with Crippen molar-refractivity contribution in [2.75, 3.05) is 51.3 Å². The fourth-order valence-electron chi connectivity index (χ4n) is 4.52. The third-order valence-electron chi connectivity index (χ3n) is 6.31. The Labute approximate surface area is 184 Å². The van der Waals surface area contributed by atoms with Crippen LogP contribution in [0, 0.1) is 5.92 Å². The van der Waals surface area contributed by atoms with Gasteiger partial charge in [-0.3, -0.25) is 9.69 Å². The molecular formula is C24H30ClN3O2. The van der Waals surface area contributed by atoms with Crippen molar-refractivity contribution in [2.24, 2.45) is 5.92 Å². The molecule has 0 bridgehead atoms. The molecule has 0 N–H and O–H groups in total. The van der Waals surface area contributed by atoms with Crippen LogP contribution in [0.25, 0.3) is 0 Å². The van der Waals surface area contributed by atoms with Crippen molar-refractivity contribution >= 4 is 23.2 Å². The molecule has 1 amide bonds. The predicted molar refractivity (Wildman–Crippen MR) is 121 cm³/mol. The lowest BCUT2D eigenvalue weighted by molar-refractivity contribution is -0.137. The number of rotatable bonds is 5. The number of para-hydroxylation sites is 2. The predicted octanol–water partition coefficient (Wildman–Crippen LogP) is 3.91. The molecule has 2 aliphatic rings. The van der Waals surface area contributed by atoms with Gasteiger partial charge in [0.05, 0.1) is 12.8 Å². The standard InChI is InChI=1S/C24H30ClN3O2/c1-30-23-9-5-4-8-22(23)27-14-16-28(17-15-27)24(29)19-10-12-26(13-11-19)18-20-6-2-3-7-21(20)25/h2-9,19H,10-18H2,1H3. The summed E-state index contributed by atoms with van der Waals surface area (Å²) < 4.78 is 5.49. The highest BCUT2D eigenvalue weighted by atomic mass is 35.5. The van der Waals surface area contributed by atoms with Crippen LogP contribution in [0.4, 0.5) is 5.69 Å². The van der Waals surface area contributed by atoms with Crippen molar-refractivity contribution in [1.82, 2.24) is 9.80 Å². The molecule has 5 nitrogen and oxygen atoms in total. The van der Waals surface area contributed by atoms with Gasteiger partial charge in [-0.2, -0.15) is 0 Å². The Kier molecular flexibility index (Phi) is 6.80. The Morgan fingerprint density at radius 2 is 1.63 bits per heavy atom. The largest absolute Gasteiger partial charge is 0.495 e. The van der Waals surface area contributed by atoms with Crippen LogP contribution in [0.3, 0.4) is 0 Å². The molecule has 160 valence electrons. The maximum atomic E-state index is 13.1. The van der Waals surface area contributed by atoms with E-state index < -0.39 is 0 Å². The topological polar surface area (TPSA) is 36.0 Å². The highest BCUT2D eigenvalue weighted by Gasteiger charge is 2.31. The third kappa shape index (κ3) is 4.73. The molecule has 0 atom stereocenters. The molecule has 2 aliphatic heterocycles. The summed E-state index contributed by atoms with van der Waals surface area (Å²) in [5, 5.41) is 0.823. The van der Waals surface area contributed by atoms with E-state index in [1.165, 1.54) is 0 Å². The van der Waals surface area contributed by atoms with Crippen LogP contribution in [0.1, 0.15) is 18.4 Å². The second-order valence-corrected chi connectivity index (χ2v) is 8.53. The molecule has 2 saturated heterocycles. The van der Waals surface area contributed by atoms with Gasteiger partial charge in [0.15, 0.2) is 0 Å². The van der Waals surface area contributed by atoms with Crippen LogP contribution >= 0.6 is 11.6 Å². The fraction of sp³-hybridized carbons (Fsp3) is 0.458. The van der Waals surface area contributed by atoms with Crippen LogP contribution in [0.2, 0.25) is 5.02 Å². The average Bonchev–Trinajstić information content (AvgIpc) is 2.81. The molecular weight excluding hydrogens is 398 g/mol. The number of hydrogen-bond acceptors (Lipinski definition) is 4. The molecule has 0 spiro atoms. The van der Waals surface area contributed by atoms with E-state index in [4.69, 9.17) is 16.3 Å². The van der Waals surface area contributed by atoms with Crippen molar-refractivity contribution < 1.29 is 9.53 Å². The second-order valence-electron chi connectivity index (χ2n) is 8.13. The molecule has 30 heavy (non-hydrogen) atoms. The van der Waals surface area contributed by atoms with Crippen LogP contribution in [0.15, 0.2) is 48.5 Å². The molecule has 0 saturated carbocycles. The number of piperidine rings is 1. The van der Waals surface area contributed by atoms with Gasteiger partial charge in [0.1, 0.15) is 5.75 Å². The smallest absolute Gasteiger partial charge is 0.225 e. The van der Waals surface area contributed by atoms with Gasteiger partial charge in [0.25, 0.3) is 0 Å². The summed E-state index contributed by atoms with van der Waals surface area (Å²) in [5.41, 5.74) is 2.27. The minimum Gasteiger partial charge on any atom is -0.495 e. The summed E-state index contributed by atoms with van der Waals surface area (Å²) in [6, 6.07) is 16.1. The first kappa shape index (κ1) is 21.0. The molecule has 2 aromatic rings. The molecule has 2 fully saturated rings. The monoisotopic (exact) mass is 427 g/mol. The molecule has 0 aromatic heterocycles. The van der Waals surface area contributed by atoms with E-state index >= 15 is 0 Å². The Hall–Kier alpha value is -2.24. The number of nitrogens with zero attached hydrogens (tertiary/aromatic N) is 3. The van der Waals surface area contributed by atoms with Crippen molar-refractivity contribution in [2.45, 2.75) is 19.4 Å². The number of hydrogen-bond donors (Lipinski definition) is 0. The second kappa shape index (κ2) is 9.71. The summed E-state index contributed by atoms with van der Waals surface area (Å²) >= 11 is 6.30. The van der Waals surface area contributed by atoms with Crippen LogP contribution in [0.5, 0.6) is 5.75 Å². The molecule has 2 aromatic carbocycles. The zero-order chi connectivity index (χ0) is 20.9. The summed E-state index contributed by atoms with van der Waals surface area (Å²) in [6.07, 6.45) is 1.85. The number of carbonyl (C=O) groups excluding carboxylic acids is 1. The molecule has 0 unspecified atom stereocenters. The number of methoxy groups -OCH3 is 1. The highest BCUT2D eigenvalue weighted by Crippen LogP contribution is 2.29. The minimum absolute atomic E-state index is 0.144. The van der Waals surface area contributed by atoms with Gasteiger partial charge in [0.2, 0.25) is 5.91 Å². The van der Waals surface area contributed by atoms with Gasteiger partial charge in [-0.05, 0) is 49.7 Å². The Morgan fingerprint density at radius 1 is 0.967 bits per heavy atom. The van der Waals surface area contributed by atoms with E-state index in [-0.39, 0.29) is 5.92 Å². The van der Waals surface area contributed by atoms with Gasteiger partial charge in [-0.15, -0.1) is 0 Å². The van der Waals surface area contributed by atoms with E-state index in [9.17, 15) is 4.79 Å². The van der Waals surface area contributed by atoms with Crippen molar-refractivity contribution in [3.63, 3.8) is 0 Å². The maximum absolute atomic E-state index is 13.1. The number of amides is 1. The lowest BCUT2D eigenvalue weighted by Gasteiger charge is -2.39. The molecule has 0 aliphatic carbocycles. The quantitative estimate of drug-likeness (QED) is 0.724. The van der Waals surface area contributed by atoms with Crippen LogP contribution in [-0.2, 0) is 11.3 Å². The number of anilines is 1. The maximum Gasteiger partial charge on any atom is 0.225 e. The average molecular weight is 428 g/mol.